The maximum Gasteiger partial charge on any atom is 0.252 e. The third kappa shape index (κ3) is 1.49. The highest BCUT2D eigenvalue weighted by Gasteiger charge is 2.08. The zero-order valence-electron chi connectivity index (χ0n) is 8.53. The SMILES string of the molecule is COC[n+]1ccc(C)c2ccccc21. The van der Waals surface area contributed by atoms with Crippen LogP contribution < -0.4 is 4.57 Å². The number of aryl methyl sites for hydroxylation is 1. The van der Waals surface area contributed by atoms with Crippen LogP contribution in [-0.2, 0) is 11.5 Å². The predicted molar refractivity (Wildman–Crippen MR) is 55.9 cm³/mol. The molecule has 0 fully saturated rings. The van der Waals surface area contributed by atoms with Crippen molar-refractivity contribution in [3.05, 3.63) is 42.1 Å². The molecule has 0 unspecified atom stereocenters. The molecule has 0 N–H and O–H groups in total. The van der Waals surface area contributed by atoms with Crippen LogP contribution in [-0.4, -0.2) is 7.11 Å². The first kappa shape index (κ1) is 9.16. The molecule has 1 heterocycles. The monoisotopic (exact) mass is 188 g/mol. The molecular formula is C12H14NO+. The van der Waals surface area contributed by atoms with E-state index in [0.717, 1.165) is 0 Å². The van der Waals surface area contributed by atoms with Gasteiger partial charge in [0.1, 0.15) is 0 Å². The quantitative estimate of drug-likeness (QED) is 0.657. The molecule has 14 heavy (non-hydrogen) atoms. The van der Waals surface area contributed by atoms with Crippen LogP contribution in [0.1, 0.15) is 5.56 Å². The molecule has 0 bridgehead atoms. The molecule has 0 amide bonds. The van der Waals surface area contributed by atoms with Crippen molar-refractivity contribution in [1.82, 2.24) is 0 Å². The lowest BCUT2D eigenvalue weighted by atomic mass is 10.1. The lowest BCUT2D eigenvalue weighted by Gasteiger charge is -2.02. The van der Waals surface area contributed by atoms with E-state index < -0.39 is 0 Å². The fourth-order valence-corrected chi connectivity index (χ4v) is 1.68. The highest BCUT2D eigenvalue weighted by atomic mass is 16.5. The molecule has 2 rings (SSSR count). The maximum absolute atomic E-state index is 5.14. The van der Waals surface area contributed by atoms with Gasteiger partial charge in [0.25, 0.3) is 6.73 Å². The van der Waals surface area contributed by atoms with E-state index in [1.807, 2.05) is 6.07 Å². The molecule has 0 saturated carbocycles. The highest BCUT2D eigenvalue weighted by Crippen LogP contribution is 2.13. The number of fused-ring (bicyclic) bond motifs is 1. The van der Waals surface area contributed by atoms with Crippen molar-refractivity contribution < 1.29 is 9.30 Å². The second kappa shape index (κ2) is 3.76. The molecule has 0 atom stereocenters. The van der Waals surface area contributed by atoms with Crippen LogP contribution in [0.15, 0.2) is 36.5 Å². The van der Waals surface area contributed by atoms with E-state index in [1.54, 1.807) is 7.11 Å². The summed E-state index contributed by atoms with van der Waals surface area (Å²) in [5.74, 6) is 0. The molecule has 0 aliphatic rings. The largest absolute Gasteiger partial charge is 0.327 e. The van der Waals surface area contributed by atoms with E-state index in [4.69, 9.17) is 4.74 Å². The Morgan fingerprint density at radius 3 is 2.79 bits per heavy atom. The summed E-state index contributed by atoms with van der Waals surface area (Å²) in [5.41, 5.74) is 2.52. The van der Waals surface area contributed by atoms with Gasteiger partial charge in [0.15, 0.2) is 6.20 Å². The topological polar surface area (TPSA) is 13.1 Å². The Morgan fingerprint density at radius 2 is 2.00 bits per heavy atom. The van der Waals surface area contributed by atoms with Gasteiger partial charge in [0.2, 0.25) is 5.52 Å². The Bertz CT molecular complexity index is 451. The van der Waals surface area contributed by atoms with E-state index in [0.29, 0.717) is 6.73 Å². The second-order valence-electron chi connectivity index (χ2n) is 3.40. The Labute approximate surface area is 83.8 Å². The number of ether oxygens (including phenoxy) is 1. The second-order valence-corrected chi connectivity index (χ2v) is 3.40. The van der Waals surface area contributed by atoms with E-state index in [-0.39, 0.29) is 0 Å². The van der Waals surface area contributed by atoms with Crippen molar-refractivity contribution >= 4 is 10.9 Å². The zero-order chi connectivity index (χ0) is 9.97. The molecular weight excluding hydrogens is 174 g/mol. The first-order valence-electron chi connectivity index (χ1n) is 4.69. The minimum Gasteiger partial charge on any atom is -0.327 e. The summed E-state index contributed by atoms with van der Waals surface area (Å²) in [7, 11) is 1.71. The summed E-state index contributed by atoms with van der Waals surface area (Å²) in [4.78, 5) is 0. The number of benzene rings is 1. The molecule has 1 aromatic carbocycles. The minimum atomic E-state index is 0.598. The van der Waals surface area contributed by atoms with Crippen LogP contribution in [0, 0.1) is 6.92 Å². The number of hydrogen-bond acceptors (Lipinski definition) is 1. The molecule has 0 aliphatic heterocycles. The summed E-state index contributed by atoms with van der Waals surface area (Å²) in [6.07, 6.45) is 2.06. The normalized spacial score (nSPS) is 10.7. The van der Waals surface area contributed by atoms with E-state index in [9.17, 15) is 0 Å². The fraction of sp³-hybridized carbons (Fsp3) is 0.250. The Balaban J connectivity index is 2.68. The van der Waals surface area contributed by atoms with E-state index in [2.05, 4.69) is 42.0 Å². The Kier molecular flexibility index (Phi) is 2.46. The van der Waals surface area contributed by atoms with Crippen LogP contribution in [0.4, 0.5) is 0 Å². The van der Waals surface area contributed by atoms with Crippen molar-refractivity contribution in [2.45, 2.75) is 13.7 Å². The number of hydrogen-bond donors (Lipinski definition) is 0. The van der Waals surface area contributed by atoms with E-state index >= 15 is 0 Å². The van der Waals surface area contributed by atoms with Gasteiger partial charge in [0.05, 0.1) is 0 Å². The molecule has 0 saturated heterocycles. The Morgan fingerprint density at radius 1 is 1.21 bits per heavy atom. The fourth-order valence-electron chi connectivity index (χ4n) is 1.68. The first-order chi connectivity index (χ1) is 6.83. The van der Waals surface area contributed by atoms with Crippen molar-refractivity contribution in [2.75, 3.05) is 7.11 Å². The third-order valence-electron chi connectivity index (χ3n) is 2.41. The van der Waals surface area contributed by atoms with Gasteiger partial charge in [0, 0.05) is 24.6 Å². The average molecular weight is 188 g/mol. The van der Waals surface area contributed by atoms with Crippen LogP contribution in [0.3, 0.4) is 0 Å². The summed E-state index contributed by atoms with van der Waals surface area (Å²) >= 11 is 0. The Hall–Kier alpha value is -1.41. The average Bonchev–Trinajstić information content (AvgIpc) is 2.23. The molecule has 0 spiro atoms. The van der Waals surface area contributed by atoms with Gasteiger partial charge in [-0.2, -0.15) is 4.57 Å². The summed E-state index contributed by atoms with van der Waals surface area (Å²) in [6, 6.07) is 10.5. The van der Waals surface area contributed by atoms with Gasteiger partial charge in [-0.3, -0.25) is 0 Å². The summed E-state index contributed by atoms with van der Waals surface area (Å²) < 4.78 is 7.24. The first-order valence-corrected chi connectivity index (χ1v) is 4.69. The standard InChI is InChI=1S/C12H14NO/c1-10-7-8-13(9-14-2)12-6-4-3-5-11(10)12/h3-8H,9H2,1-2H3/q+1. The zero-order valence-corrected chi connectivity index (χ0v) is 8.53. The van der Waals surface area contributed by atoms with Crippen molar-refractivity contribution in [3.63, 3.8) is 0 Å². The third-order valence-corrected chi connectivity index (χ3v) is 2.41. The molecule has 1 aromatic heterocycles. The lowest BCUT2D eigenvalue weighted by Crippen LogP contribution is -2.35. The smallest absolute Gasteiger partial charge is 0.252 e. The van der Waals surface area contributed by atoms with Crippen molar-refractivity contribution in [3.8, 4) is 0 Å². The van der Waals surface area contributed by atoms with Gasteiger partial charge in [-0.25, -0.2) is 0 Å². The molecule has 0 radical (unpaired) electrons. The number of rotatable bonds is 2. The predicted octanol–water partition coefficient (Wildman–Crippen LogP) is 2.04. The van der Waals surface area contributed by atoms with Gasteiger partial charge in [-0.1, -0.05) is 12.1 Å². The molecule has 2 nitrogen and oxygen atoms in total. The number of aromatic nitrogens is 1. The highest BCUT2D eigenvalue weighted by molar-refractivity contribution is 5.78. The molecule has 72 valence electrons. The van der Waals surface area contributed by atoms with Gasteiger partial charge in [-0.15, -0.1) is 0 Å². The van der Waals surface area contributed by atoms with Crippen molar-refractivity contribution in [1.29, 1.82) is 0 Å². The minimum absolute atomic E-state index is 0.598. The molecule has 0 aliphatic carbocycles. The summed E-state index contributed by atoms with van der Waals surface area (Å²) in [6.45, 7) is 2.72. The molecule has 2 heteroatoms. The van der Waals surface area contributed by atoms with Crippen LogP contribution in [0.5, 0.6) is 0 Å². The van der Waals surface area contributed by atoms with E-state index in [1.165, 1.54) is 16.5 Å². The molecule has 2 aromatic rings. The van der Waals surface area contributed by atoms with Crippen LogP contribution in [0.2, 0.25) is 0 Å². The van der Waals surface area contributed by atoms with Gasteiger partial charge < -0.3 is 4.74 Å². The van der Waals surface area contributed by atoms with Gasteiger partial charge >= 0.3 is 0 Å². The lowest BCUT2D eigenvalue weighted by molar-refractivity contribution is -0.707. The van der Waals surface area contributed by atoms with Crippen LogP contribution >= 0.6 is 0 Å². The number of pyridine rings is 1. The maximum atomic E-state index is 5.14. The number of nitrogens with zero attached hydrogens (tertiary/aromatic N) is 1. The van der Waals surface area contributed by atoms with Gasteiger partial charge in [-0.05, 0) is 18.6 Å². The number of methoxy groups -OCH3 is 1. The van der Waals surface area contributed by atoms with Crippen LogP contribution in [0.25, 0.3) is 10.9 Å². The summed E-state index contributed by atoms with van der Waals surface area (Å²) in [5, 5.41) is 1.28. The van der Waals surface area contributed by atoms with Crippen molar-refractivity contribution in [2.24, 2.45) is 0 Å². The number of para-hydroxylation sites is 1.